The van der Waals surface area contributed by atoms with Crippen LogP contribution in [0.25, 0.3) is 11.8 Å². The molecule has 2 aromatic carbocycles. The molecule has 0 radical (unpaired) electrons. The summed E-state index contributed by atoms with van der Waals surface area (Å²) in [5.41, 5.74) is 1.86. The molecule has 3 rings (SSSR count). The molecule has 1 heterocycles. The third-order valence-electron chi connectivity index (χ3n) is 4.40. The topological polar surface area (TPSA) is 51.5 Å². The summed E-state index contributed by atoms with van der Waals surface area (Å²) in [6.07, 6.45) is 3.33. The molecule has 0 aliphatic carbocycles. The molecule has 0 N–H and O–H groups in total. The van der Waals surface area contributed by atoms with E-state index in [0.717, 1.165) is 16.9 Å². The molecule has 0 spiro atoms. The lowest BCUT2D eigenvalue weighted by molar-refractivity contribution is -0.124. The molecular weight excluding hydrogens is 364 g/mol. The maximum atomic E-state index is 13.2. The first kappa shape index (κ1) is 20.1. The molecule has 0 saturated carbocycles. The second kappa shape index (κ2) is 9.55. The highest BCUT2D eigenvalue weighted by molar-refractivity contribution is 6.18. The predicted octanol–water partition coefficient (Wildman–Crippen LogP) is 3.90. The first-order chi connectivity index (χ1) is 14.1. The number of likely N-dealkylation sites (N-methyl/N-ethyl adjacent to an activating group) is 1. The van der Waals surface area contributed by atoms with E-state index in [4.69, 9.17) is 4.74 Å². The number of amides is 1. The molecule has 0 atom stereocenters. The molecule has 5 heteroatoms. The van der Waals surface area contributed by atoms with Gasteiger partial charge in [0.15, 0.2) is 0 Å². The van der Waals surface area contributed by atoms with Gasteiger partial charge in [-0.25, -0.2) is 0 Å². The van der Waals surface area contributed by atoms with Crippen LogP contribution in [-0.4, -0.2) is 29.0 Å². The molecule has 3 aromatic rings. The molecule has 29 heavy (non-hydrogen) atoms. The Kier molecular flexibility index (Phi) is 6.63. The molecule has 148 valence electrons. The molecule has 1 aromatic heterocycles. The molecule has 0 unspecified atom stereocenters. The highest BCUT2D eigenvalue weighted by atomic mass is 16.5. The number of nitrogens with zero attached hydrogens (tertiary/aromatic N) is 2. The van der Waals surface area contributed by atoms with E-state index < -0.39 is 0 Å². The number of carbonyl (C=O) groups excluding carboxylic acids is 1. The number of benzene rings is 2. The van der Waals surface area contributed by atoms with Gasteiger partial charge in [-0.2, -0.15) is 0 Å². The maximum Gasteiger partial charge on any atom is 0.270 e. The summed E-state index contributed by atoms with van der Waals surface area (Å²) in [4.78, 5) is 27.3. The van der Waals surface area contributed by atoms with Crippen molar-refractivity contribution in [2.75, 3.05) is 13.7 Å². The lowest BCUT2D eigenvalue weighted by atomic mass is 10.1. The van der Waals surface area contributed by atoms with Crippen molar-refractivity contribution in [3.8, 4) is 5.75 Å². The Bertz CT molecular complexity index is 1040. The van der Waals surface area contributed by atoms with Crippen molar-refractivity contribution >= 4 is 17.7 Å². The number of carbonyl (C=O) groups is 1. The molecule has 0 aliphatic heterocycles. The van der Waals surface area contributed by atoms with Gasteiger partial charge in [0.2, 0.25) is 0 Å². The van der Waals surface area contributed by atoms with Gasteiger partial charge >= 0.3 is 0 Å². The van der Waals surface area contributed by atoms with E-state index in [1.54, 1.807) is 36.4 Å². The molecule has 0 aliphatic rings. The van der Waals surface area contributed by atoms with Gasteiger partial charge in [-0.15, -0.1) is 0 Å². The summed E-state index contributed by atoms with van der Waals surface area (Å²) < 4.78 is 6.85. The van der Waals surface area contributed by atoms with Crippen molar-refractivity contribution in [1.29, 1.82) is 0 Å². The number of pyridine rings is 1. The third kappa shape index (κ3) is 5.23. The number of rotatable bonds is 7. The van der Waals surface area contributed by atoms with Crippen molar-refractivity contribution in [2.24, 2.45) is 0 Å². The highest BCUT2D eigenvalue weighted by Gasteiger charge is 2.18. The van der Waals surface area contributed by atoms with Gasteiger partial charge in [0.1, 0.15) is 11.4 Å². The molecular formula is C24H24N2O3. The van der Waals surface area contributed by atoms with Crippen LogP contribution in [0.3, 0.4) is 0 Å². The molecule has 0 bridgehead atoms. The minimum atomic E-state index is -0.258. The van der Waals surface area contributed by atoms with Gasteiger partial charge in [0.05, 0.1) is 6.61 Å². The first-order valence-electron chi connectivity index (χ1n) is 9.50. The van der Waals surface area contributed by atoms with Crippen LogP contribution in [0.2, 0.25) is 0 Å². The fourth-order valence-electron chi connectivity index (χ4n) is 2.97. The Labute approximate surface area is 170 Å². The predicted molar refractivity (Wildman–Crippen MR) is 115 cm³/mol. The Morgan fingerprint density at radius 1 is 1.00 bits per heavy atom. The summed E-state index contributed by atoms with van der Waals surface area (Å²) in [6, 6.07) is 22.0. The average Bonchev–Trinajstić information content (AvgIpc) is 2.74. The monoisotopic (exact) mass is 388 g/mol. The Morgan fingerprint density at radius 3 is 2.34 bits per heavy atom. The Hall–Kier alpha value is -3.60. The Balaban J connectivity index is 1.95. The highest BCUT2D eigenvalue weighted by Crippen LogP contribution is 2.18. The fourth-order valence-corrected chi connectivity index (χ4v) is 2.97. The number of hydrogen-bond acceptors (Lipinski definition) is 3. The lowest BCUT2D eigenvalue weighted by Crippen LogP contribution is -2.32. The van der Waals surface area contributed by atoms with E-state index in [2.05, 4.69) is 0 Å². The SMILES string of the molecule is CCOc1ccc(C=C(C(=O)N(C)Cc2ccccc2)n2ccccc2=O)cc1. The van der Waals surface area contributed by atoms with Gasteiger partial charge in [0.25, 0.3) is 11.5 Å². The van der Waals surface area contributed by atoms with Crippen molar-refractivity contribution in [3.63, 3.8) is 0 Å². The molecule has 1 amide bonds. The van der Waals surface area contributed by atoms with Crippen LogP contribution < -0.4 is 10.3 Å². The van der Waals surface area contributed by atoms with E-state index >= 15 is 0 Å². The quantitative estimate of drug-likeness (QED) is 0.577. The fraction of sp³-hybridized carbons (Fsp3) is 0.167. The number of ether oxygens (including phenoxy) is 1. The smallest absolute Gasteiger partial charge is 0.270 e. The van der Waals surface area contributed by atoms with E-state index in [0.29, 0.717) is 13.2 Å². The van der Waals surface area contributed by atoms with Crippen LogP contribution in [0.5, 0.6) is 5.75 Å². The number of hydrogen-bond donors (Lipinski definition) is 0. The van der Waals surface area contributed by atoms with Crippen molar-refractivity contribution < 1.29 is 9.53 Å². The van der Waals surface area contributed by atoms with Crippen LogP contribution in [0.15, 0.2) is 83.8 Å². The molecule has 5 nitrogen and oxygen atoms in total. The van der Waals surface area contributed by atoms with Crippen LogP contribution in [0, 0.1) is 0 Å². The molecule has 0 fully saturated rings. The zero-order chi connectivity index (χ0) is 20.6. The number of aromatic nitrogens is 1. The largest absolute Gasteiger partial charge is 0.494 e. The third-order valence-corrected chi connectivity index (χ3v) is 4.40. The second-order valence-electron chi connectivity index (χ2n) is 6.59. The minimum absolute atomic E-state index is 0.240. The zero-order valence-electron chi connectivity index (χ0n) is 16.6. The van der Waals surface area contributed by atoms with Crippen LogP contribution >= 0.6 is 0 Å². The van der Waals surface area contributed by atoms with E-state index in [-0.39, 0.29) is 17.2 Å². The zero-order valence-corrected chi connectivity index (χ0v) is 16.6. The standard InChI is InChI=1S/C24H24N2O3/c1-3-29-21-14-12-19(13-15-21)17-22(26-16-8-7-11-23(26)27)24(28)25(2)18-20-9-5-4-6-10-20/h4-17H,3,18H2,1-2H3. The van der Waals surface area contributed by atoms with Gasteiger partial charge in [-0.05, 0) is 42.3 Å². The molecule has 0 saturated heterocycles. The van der Waals surface area contributed by atoms with Crippen molar-refractivity contribution in [1.82, 2.24) is 9.47 Å². The lowest BCUT2D eigenvalue weighted by Gasteiger charge is -2.20. The van der Waals surface area contributed by atoms with E-state index in [9.17, 15) is 9.59 Å². The first-order valence-corrected chi connectivity index (χ1v) is 9.50. The summed E-state index contributed by atoms with van der Waals surface area (Å²) >= 11 is 0. The average molecular weight is 388 g/mol. The van der Waals surface area contributed by atoms with Crippen molar-refractivity contribution in [2.45, 2.75) is 13.5 Å². The second-order valence-corrected chi connectivity index (χ2v) is 6.59. The summed E-state index contributed by atoms with van der Waals surface area (Å²) in [6.45, 7) is 2.96. The minimum Gasteiger partial charge on any atom is -0.494 e. The summed E-state index contributed by atoms with van der Waals surface area (Å²) in [7, 11) is 1.73. The van der Waals surface area contributed by atoms with Crippen LogP contribution in [0.1, 0.15) is 18.1 Å². The Morgan fingerprint density at radius 2 is 1.69 bits per heavy atom. The van der Waals surface area contributed by atoms with Gasteiger partial charge < -0.3 is 9.64 Å². The van der Waals surface area contributed by atoms with Crippen LogP contribution in [0.4, 0.5) is 0 Å². The van der Waals surface area contributed by atoms with Crippen molar-refractivity contribution in [3.05, 3.63) is 100 Å². The van der Waals surface area contributed by atoms with Gasteiger partial charge in [-0.3, -0.25) is 14.2 Å². The summed E-state index contributed by atoms with van der Waals surface area (Å²) in [5, 5.41) is 0. The van der Waals surface area contributed by atoms with E-state index in [1.807, 2.05) is 61.5 Å². The van der Waals surface area contributed by atoms with Gasteiger partial charge in [-0.1, -0.05) is 48.5 Å². The van der Waals surface area contributed by atoms with Crippen LogP contribution in [-0.2, 0) is 11.3 Å². The summed E-state index contributed by atoms with van der Waals surface area (Å²) in [5.74, 6) is 0.520. The van der Waals surface area contributed by atoms with Gasteiger partial charge in [0, 0.05) is 25.9 Å². The maximum absolute atomic E-state index is 13.2. The van der Waals surface area contributed by atoms with E-state index in [1.165, 1.54) is 10.6 Å². The normalized spacial score (nSPS) is 11.2.